The molecule has 0 aromatic heterocycles. The van der Waals surface area contributed by atoms with Gasteiger partial charge >= 0.3 is 0 Å². The van der Waals surface area contributed by atoms with E-state index in [9.17, 15) is 9.18 Å². The van der Waals surface area contributed by atoms with Crippen LogP contribution in [-0.4, -0.2) is 24.4 Å². The molecule has 0 aliphatic rings. The Morgan fingerprint density at radius 1 is 1.41 bits per heavy atom. The average molecular weight is 238 g/mol. The van der Waals surface area contributed by atoms with Crippen LogP contribution in [0.1, 0.15) is 31.1 Å². The summed E-state index contributed by atoms with van der Waals surface area (Å²) in [6.45, 7) is 6.69. The van der Waals surface area contributed by atoms with E-state index in [1.165, 1.54) is 12.1 Å². The maximum atomic E-state index is 13.2. The average Bonchev–Trinajstić information content (AvgIpc) is 2.18. The Bertz CT molecular complexity index is 424. The fraction of sp³-hybridized carbons (Fsp3) is 0.462. The van der Waals surface area contributed by atoms with Gasteiger partial charge in [-0.15, -0.1) is 0 Å². The van der Waals surface area contributed by atoms with Gasteiger partial charge in [-0.1, -0.05) is 26.8 Å². The summed E-state index contributed by atoms with van der Waals surface area (Å²) in [7, 11) is 1.69. The molecule has 0 spiro atoms. The molecule has 94 valence electrons. The van der Waals surface area contributed by atoms with Gasteiger partial charge in [0.25, 0.3) is 5.91 Å². The van der Waals surface area contributed by atoms with Gasteiger partial charge in [0.1, 0.15) is 5.82 Å². The van der Waals surface area contributed by atoms with E-state index < -0.39 is 5.82 Å². The highest BCUT2D eigenvalue weighted by Gasteiger charge is 2.21. The molecule has 17 heavy (non-hydrogen) atoms. The first kappa shape index (κ1) is 13.5. The second kappa shape index (κ2) is 4.73. The van der Waals surface area contributed by atoms with Crippen molar-refractivity contribution in [2.45, 2.75) is 20.8 Å². The summed E-state index contributed by atoms with van der Waals surface area (Å²) in [5, 5.41) is 0. The minimum Gasteiger partial charge on any atom is -0.396 e. The normalized spacial score (nSPS) is 11.4. The van der Waals surface area contributed by atoms with Crippen LogP contribution in [0.3, 0.4) is 0 Å². The number of anilines is 1. The first-order chi connectivity index (χ1) is 7.72. The molecule has 0 bridgehead atoms. The molecule has 0 atom stereocenters. The molecule has 1 aromatic carbocycles. The summed E-state index contributed by atoms with van der Waals surface area (Å²) < 4.78 is 13.2. The molecule has 0 saturated heterocycles. The number of nitrogens with two attached hydrogens (primary N) is 1. The Morgan fingerprint density at radius 2 is 2.00 bits per heavy atom. The predicted molar refractivity (Wildman–Crippen MR) is 67.2 cm³/mol. The molecule has 0 fully saturated rings. The molecule has 1 aromatic rings. The molecule has 2 N–H and O–H groups in total. The summed E-state index contributed by atoms with van der Waals surface area (Å²) in [5.41, 5.74) is 5.69. The molecule has 0 unspecified atom stereocenters. The summed E-state index contributed by atoms with van der Waals surface area (Å²) in [4.78, 5) is 13.6. The molecule has 0 heterocycles. The van der Waals surface area contributed by atoms with E-state index in [4.69, 9.17) is 5.73 Å². The third kappa shape index (κ3) is 3.44. The van der Waals surface area contributed by atoms with Crippen molar-refractivity contribution in [1.82, 2.24) is 4.90 Å². The number of amides is 1. The number of nitrogen functional groups attached to an aromatic ring is 1. The van der Waals surface area contributed by atoms with Gasteiger partial charge in [-0.3, -0.25) is 4.79 Å². The third-order valence-electron chi connectivity index (χ3n) is 2.34. The summed E-state index contributed by atoms with van der Waals surface area (Å²) >= 11 is 0. The van der Waals surface area contributed by atoms with E-state index >= 15 is 0 Å². The van der Waals surface area contributed by atoms with Crippen molar-refractivity contribution in [3.05, 3.63) is 29.6 Å². The highest BCUT2D eigenvalue weighted by atomic mass is 19.1. The maximum Gasteiger partial charge on any atom is 0.255 e. The van der Waals surface area contributed by atoms with Crippen molar-refractivity contribution in [2.24, 2.45) is 5.41 Å². The minimum absolute atomic E-state index is 0.00744. The quantitative estimate of drug-likeness (QED) is 0.805. The number of carbonyl (C=O) groups is 1. The van der Waals surface area contributed by atoms with Crippen molar-refractivity contribution in [1.29, 1.82) is 0 Å². The molecule has 0 saturated carbocycles. The van der Waals surface area contributed by atoms with E-state index in [2.05, 4.69) is 0 Å². The molecule has 0 aliphatic carbocycles. The van der Waals surface area contributed by atoms with Gasteiger partial charge in [-0.25, -0.2) is 4.39 Å². The Balaban J connectivity index is 2.93. The molecule has 1 amide bonds. The Hall–Kier alpha value is -1.58. The van der Waals surface area contributed by atoms with E-state index in [-0.39, 0.29) is 22.6 Å². The van der Waals surface area contributed by atoms with Gasteiger partial charge in [0.15, 0.2) is 0 Å². The van der Waals surface area contributed by atoms with Crippen molar-refractivity contribution in [3.8, 4) is 0 Å². The number of halogens is 1. The first-order valence-electron chi connectivity index (χ1n) is 5.52. The van der Waals surface area contributed by atoms with Gasteiger partial charge in [-0.05, 0) is 17.5 Å². The molecule has 4 heteroatoms. The van der Waals surface area contributed by atoms with Crippen LogP contribution in [0.5, 0.6) is 0 Å². The van der Waals surface area contributed by atoms with Gasteiger partial charge in [-0.2, -0.15) is 0 Å². The maximum absolute atomic E-state index is 13.2. The number of para-hydroxylation sites is 1. The number of rotatable bonds is 2. The van der Waals surface area contributed by atoms with Gasteiger partial charge < -0.3 is 10.6 Å². The lowest BCUT2D eigenvalue weighted by Crippen LogP contribution is -2.34. The van der Waals surface area contributed by atoms with Crippen LogP contribution in [0.2, 0.25) is 0 Å². The van der Waals surface area contributed by atoms with Crippen LogP contribution >= 0.6 is 0 Å². The molecular weight excluding hydrogens is 219 g/mol. The lowest BCUT2D eigenvalue weighted by atomic mass is 9.96. The molecule has 0 radical (unpaired) electrons. The van der Waals surface area contributed by atoms with Crippen LogP contribution in [0.4, 0.5) is 10.1 Å². The van der Waals surface area contributed by atoms with Crippen molar-refractivity contribution in [3.63, 3.8) is 0 Å². The van der Waals surface area contributed by atoms with Crippen molar-refractivity contribution >= 4 is 11.6 Å². The SMILES string of the molecule is CN(CC(C)(C)C)C(=O)c1cccc(F)c1N. The second-order valence-corrected chi connectivity index (χ2v) is 5.42. The Morgan fingerprint density at radius 3 is 2.53 bits per heavy atom. The summed E-state index contributed by atoms with van der Waals surface area (Å²) in [5.74, 6) is -0.808. The zero-order chi connectivity index (χ0) is 13.2. The third-order valence-corrected chi connectivity index (χ3v) is 2.34. The first-order valence-corrected chi connectivity index (χ1v) is 5.52. The summed E-state index contributed by atoms with van der Waals surface area (Å²) in [6.07, 6.45) is 0. The Kier molecular flexibility index (Phi) is 3.76. The standard InChI is InChI=1S/C13H19FN2O/c1-13(2,3)8-16(4)12(17)9-6-5-7-10(14)11(9)15/h5-7H,8,15H2,1-4H3. The van der Waals surface area contributed by atoms with Crippen LogP contribution in [-0.2, 0) is 0 Å². The number of nitrogens with zero attached hydrogens (tertiary/aromatic N) is 1. The van der Waals surface area contributed by atoms with Crippen LogP contribution in [0, 0.1) is 11.2 Å². The van der Waals surface area contributed by atoms with Crippen molar-refractivity contribution < 1.29 is 9.18 Å². The van der Waals surface area contributed by atoms with E-state index in [1.807, 2.05) is 20.8 Å². The zero-order valence-electron chi connectivity index (χ0n) is 10.7. The zero-order valence-corrected chi connectivity index (χ0v) is 10.7. The van der Waals surface area contributed by atoms with Gasteiger partial charge in [0.05, 0.1) is 11.3 Å². The number of hydrogen-bond acceptors (Lipinski definition) is 2. The highest BCUT2D eigenvalue weighted by molar-refractivity contribution is 5.99. The lowest BCUT2D eigenvalue weighted by Gasteiger charge is -2.27. The summed E-state index contributed by atoms with van der Waals surface area (Å²) in [6, 6.07) is 4.28. The lowest BCUT2D eigenvalue weighted by molar-refractivity contribution is 0.0746. The van der Waals surface area contributed by atoms with E-state index in [1.54, 1.807) is 18.0 Å². The van der Waals surface area contributed by atoms with Crippen molar-refractivity contribution in [2.75, 3.05) is 19.3 Å². The largest absolute Gasteiger partial charge is 0.396 e. The molecular formula is C13H19FN2O. The molecule has 1 rings (SSSR count). The molecule has 0 aliphatic heterocycles. The fourth-order valence-corrected chi connectivity index (χ4v) is 1.71. The van der Waals surface area contributed by atoms with Crippen LogP contribution < -0.4 is 5.73 Å². The van der Waals surface area contributed by atoms with E-state index in [0.717, 1.165) is 0 Å². The fourth-order valence-electron chi connectivity index (χ4n) is 1.71. The smallest absolute Gasteiger partial charge is 0.255 e. The second-order valence-electron chi connectivity index (χ2n) is 5.42. The monoisotopic (exact) mass is 238 g/mol. The predicted octanol–water partition coefficient (Wildman–Crippen LogP) is 2.53. The highest BCUT2D eigenvalue weighted by Crippen LogP contribution is 2.20. The minimum atomic E-state index is -0.556. The van der Waals surface area contributed by atoms with Gasteiger partial charge in [0, 0.05) is 13.6 Å². The van der Waals surface area contributed by atoms with Gasteiger partial charge in [0.2, 0.25) is 0 Å². The number of hydrogen-bond donors (Lipinski definition) is 1. The number of benzene rings is 1. The topological polar surface area (TPSA) is 46.3 Å². The number of carbonyl (C=O) groups excluding carboxylic acids is 1. The van der Waals surface area contributed by atoms with E-state index in [0.29, 0.717) is 6.54 Å². The molecule has 3 nitrogen and oxygen atoms in total. The Labute approximate surface area is 101 Å². The van der Waals surface area contributed by atoms with Crippen LogP contribution in [0.25, 0.3) is 0 Å². The van der Waals surface area contributed by atoms with Crippen LogP contribution in [0.15, 0.2) is 18.2 Å².